The number of nitrogens with one attached hydrogen (secondary N) is 1. The fourth-order valence-electron chi connectivity index (χ4n) is 2.23. The molecule has 1 aromatic carbocycles. The van der Waals surface area contributed by atoms with Gasteiger partial charge in [-0.3, -0.25) is 9.48 Å². The highest BCUT2D eigenvalue weighted by Gasteiger charge is 2.07. The minimum atomic E-state index is -0.403. The summed E-state index contributed by atoms with van der Waals surface area (Å²) in [6, 6.07) is 5.42. The maximum absolute atomic E-state index is 11.1. The van der Waals surface area contributed by atoms with Crippen molar-refractivity contribution in [3.63, 3.8) is 0 Å². The summed E-state index contributed by atoms with van der Waals surface area (Å²) in [4.78, 5) is 11.1. The maximum Gasteiger partial charge on any atom is 0.248 e. The van der Waals surface area contributed by atoms with E-state index in [0.29, 0.717) is 12.1 Å². The molecule has 0 spiro atoms. The van der Waals surface area contributed by atoms with Crippen molar-refractivity contribution in [2.24, 2.45) is 12.8 Å². The van der Waals surface area contributed by atoms with E-state index in [4.69, 9.17) is 5.73 Å². The molecule has 0 atom stereocenters. The van der Waals surface area contributed by atoms with Crippen molar-refractivity contribution in [3.8, 4) is 0 Å². The summed E-state index contributed by atoms with van der Waals surface area (Å²) in [6.07, 6.45) is 2.94. The highest BCUT2D eigenvalue weighted by molar-refractivity contribution is 5.93. The monoisotopic (exact) mass is 272 g/mol. The van der Waals surface area contributed by atoms with E-state index in [-0.39, 0.29) is 0 Å². The number of carbonyl (C=O) groups excluding carboxylic acids is 1. The highest BCUT2D eigenvalue weighted by atomic mass is 16.1. The molecule has 0 saturated carbocycles. The summed E-state index contributed by atoms with van der Waals surface area (Å²) in [5.74, 6) is -0.403. The second kappa shape index (κ2) is 5.77. The Labute approximate surface area is 118 Å². The number of aryl methyl sites for hydroxylation is 3. The molecule has 0 fully saturated rings. The highest BCUT2D eigenvalue weighted by Crippen LogP contribution is 2.18. The van der Waals surface area contributed by atoms with Gasteiger partial charge in [-0.1, -0.05) is 6.92 Å². The van der Waals surface area contributed by atoms with Crippen molar-refractivity contribution in [3.05, 3.63) is 46.8 Å². The fourth-order valence-corrected chi connectivity index (χ4v) is 2.23. The van der Waals surface area contributed by atoms with Gasteiger partial charge in [0.15, 0.2) is 0 Å². The summed E-state index contributed by atoms with van der Waals surface area (Å²) in [7, 11) is 1.93. The first kappa shape index (κ1) is 14.1. The van der Waals surface area contributed by atoms with Crippen molar-refractivity contribution >= 4 is 11.6 Å². The Morgan fingerprint density at radius 3 is 2.80 bits per heavy atom. The zero-order valence-electron chi connectivity index (χ0n) is 12.1. The number of rotatable bonds is 5. The van der Waals surface area contributed by atoms with Crippen molar-refractivity contribution in [2.45, 2.75) is 26.8 Å². The molecule has 1 amide bonds. The third-order valence-corrected chi connectivity index (χ3v) is 3.31. The number of aromatic nitrogens is 2. The SMILES string of the molecule is CCc1nn(C)cc1CNc1ccc(C(N)=O)cc1C. The molecule has 0 saturated heterocycles. The van der Waals surface area contributed by atoms with E-state index in [1.165, 1.54) is 5.56 Å². The largest absolute Gasteiger partial charge is 0.381 e. The Morgan fingerprint density at radius 2 is 2.20 bits per heavy atom. The third kappa shape index (κ3) is 2.99. The van der Waals surface area contributed by atoms with Gasteiger partial charge in [0.25, 0.3) is 0 Å². The zero-order chi connectivity index (χ0) is 14.7. The number of nitrogens with two attached hydrogens (primary N) is 1. The van der Waals surface area contributed by atoms with Crippen LogP contribution in [0.3, 0.4) is 0 Å². The van der Waals surface area contributed by atoms with Crippen molar-refractivity contribution in [2.75, 3.05) is 5.32 Å². The van der Waals surface area contributed by atoms with E-state index in [0.717, 1.165) is 23.4 Å². The molecule has 106 valence electrons. The zero-order valence-corrected chi connectivity index (χ0v) is 12.1. The Balaban J connectivity index is 2.12. The van der Waals surface area contributed by atoms with E-state index in [1.54, 1.807) is 12.1 Å². The van der Waals surface area contributed by atoms with Crippen LogP contribution in [0.5, 0.6) is 0 Å². The average molecular weight is 272 g/mol. The normalized spacial score (nSPS) is 10.6. The molecule has 0 bridgehead atoms. The van der Waals surface area contributed by atoms with Gasteiger partial charge >= 0.3 is 0 Å². The van der Waals surface area contributed by atoms with Crippen LogP contribution in [0.4, 0.5) is 5.69 Å². The molecular formula is C15H20N4O. The van der Waals surface area contributed by atoms with Crippen LogP contribution in [0.1, 0.15) is 34.1 Å². The Bertz CT molecular complexity index is 631. The van der Waals surface area contributed by atoms with Gasteiger partial charge in [0.2, 0.25) is 5.91 Å². The van der Waals surface area contributed by atoms with Crippen LogP contribution in [-0.4, -0.2) is 15.7 Å². The lowest BCUT2D eigenvalue weighted by Crippen LogP contribution is -2.11. The lowest BCUT2D eigenvalue weighted by atomic mass is 10.1. The lowest BCUT2D eigenvalue weighted by molar-refractivity contribution is 0.1000. The number of nitrogens with zero attached hydrogens (tertiary/aromatic N) is 2. The summed E-state index contributed by atoms with van der Waals surface area (Å²) >= 11 is 0. The molecule has 5 nitrogen and oxygen atoms in total. The fraction of sp³-hybridized carbons (Fsp3) is 0.333. The summed E-state index contributed by atoms with van der Waals surface area (Å²) in [6.45, 7) is 4.77. The van der Waals surface area contributed by atoms with Gasteiger partial charge in [-0.05, 0) is 37.1 Å². The smallest absolute Gasteiger partial charge is 0.248 e. The van der Waals surface area contributed by atoms with Crippen LogP contribution < -0.4 is 11.1 Å². The first-order valence-electron chi connectivity index (χ1n) is 6.67. The Hall–Kier alpha value is -2.30. The topological polar surface area (TPSA) is 72.9 Å². The van der Waals surface area contributed by atoms with Gasteiger partial charge < -0.3 is 11.1 Å². The maximum atomic E-state index is 11.1. The second-order valence-corrected chi connectivity index (χ2v) is 4.88. The molecule has 20 heavy (non-hydrogen) atoms. The van der Waals surface area contributed by atoms with Crippen LogP contribution in [0.15, 0.2) is 24.4 Å². The Kier molecular flexibility index (Phi) is 4.08. The number of hydrogen-bond acceptors (Lipinski definition) is 3. The number of carbonyl (C=O) groups is 1. The second-order valence-electron chi connectivity index (χ2n) is 4.88. The van der Waals surface area contributed by atoms with Gasteiger partial charge in [-0.15, -0.1) is 0 Å². The lowest BCUT2D eigenvalue weighted by Gasteiger charge is -2.10. The number of anilines is 1. The number of primary amides is 1. The molecule has 2 aromatic rings. The molecule has 0 radical (unpaired) electrons. The molecule has 3 N–H and O–H groups in total. The van der Waals surface area contributed by atoms with E-state index >= 15 is 0 Å². The van der Waals surface area contributed by atoms with Crippen molar-refractivity contribution < 1.29 is 4.79 Å². The van der Waals surface area contributed by atoms with Crippen LogP contribution >= 0.6 is 0 Å². The minimum absolute atomic E-state index is 0.403. The average Bonchev–Trinajstić information content (AvgIpc) is 2.77. The van der Waals surface area contributed by atoms with Gasteiger partial charge in [0.05, 0.1) is 5.69 Å². The van der Waals surface area contributed by atoms with Gasteiger partial charge in [-0.25, -0.2) is 0 Å². The standard InChI is InChI=1S/C15H20N4O/c1-4-13-12(9-19(3)18-13)8-17-14-6-5-11(15(16)20)7-10(14)2/h5-7,9,17H,4,8H2,1-3H3,(H2,16,20). The van der Waals surface area contributed by atoms with E-state index in [9.17, 15) is 4.79 Å². The first-order chi connectivity index (χ1) is 9.51. The summed E-state index contributed by atoms with van der Waals surface area (Å²) < 4.78 is 1.83. The van der Waals surface area contributed by atoms with Gasteiger partial charge in [0, 0.05) is 36.6 Å². The first-order valence-corrected chi connectivity index (χ1v) is 6.67. The predicted octanol–water partition coefficient (Wildman–Crippen LogP) is 2.00. The minimum Gasteiger partial charge on any atom is -0.381 e. The Morgan fingerprint density at radius 1 is 1.45 bits per heavy atom. The van der Waals surface area contributed by atoms with Crippen LogP contribution in [0.25, 0.3) is 0 Å². The summed E-state index contributed by atoms with van der Waals surface area (Å²) in [5, 5.41) is 7.79. The molecule has 0 aliphatic carbocycles. The molecule has 0 aliphatic rings. The van der Waals surface area contributed by atoms with Crippen molar-refractivity contribution in [1.82, 2.24) is 9.78 Å². The molecule has 0 unspecified atom stereocenters. The molecule has 1 heterocycles. The van der Waals surface area contributed by atoms with E-state index in [2.05, 4.69) is 17.3 Å². The molecule has 1 aromatic heterocycles. The molecule has 0 aliphatic heterocycles. The van der Waals surface area contributed by atoms with Gasteiger partial charge in [-0.2, -0.15) is 5.10 Å². The summed E-state index contributed by atoms with van der Waals surface area (Å²) in [5.41, 5.74) is 10.1. The number of benzene rings is 1. The third-order valence-electron chi connectivity index (χ3n) is 3.31. The molecular weight excluding hydrogens is 252 g/mol. The number of hydrogen-bond donors (Lipinski definition) is 2. The van der Waals surface area contributed by atoms with E-state index < -0.39 is 5.91 Å². The van der Waals surface area contributed by atoms with E-state index in [1.807, 2.05) is 30.9 Å². The van der Waals surface area contributed by atoms with Crippen LogP contribution in [-0.2, 0) is 20.0 Å². The molecule has 5 heteroatoms. The quantitative estimate of drug-likeness (QED) is 0.874. The predicted molar refractivity (Wildman–Crippen MR) is 79.6 cm³/mol. The number of amides is 1. The van der Waals surface area contributed by atoms with Crippen LogP contribution in [0, 0.1) is 6.92 Å². The van der Waals surface area contributed by atoms with Crippen molar-refractivity contribution in [1.29, 1.82) is 0 Å². The van der Waals surface area contributed by atoms with Crippen LogP contribution in [0.2, 0.25) is 0 Å². The van der Waals surface area contributed by atoms with Gasteiger partial charge in [0.1, 0.15) is 0 Å². The molecule has 2 rings (SSSR count).